The van der Waals surface area contributed by atoms with Gasteiger partial charge in [0.1, 0.15) is 5.82 Å². The number of benzene rings is 2. The van der Waals surface area contributed by atoms with E-state index in [1.807, 2.05) is 32.0 Å². The van der Waals surface area contributed by atoms with Crippen LogP contribution in [0, 0.1) is 19.7 Å². The monoisotopic (exact) mass is 379 g/mol. The Bertz CT molecular complexity index is 1040. The molecule has 3 aromatic rings. The third-order valence-electron chi connectivity index (χ3n) is 4.44. The molecule has 0 spiro atoms. The number of halogens is 1. The Morgan fingerprint density at radius 2 is 1.82 bits per heavy atom. The number of hydrogen-bond acceptors (Lipinski definition) is 3. The van der Waals surface area contributed by atoms with Crippen molar-refractivity contribution in [1.29, 1.82) is 0 Å². The number of aryl methyl sites for hydroxylation is 3. The fraction of sp³-hybridized carbons (Fsp3) is 0.227. The maximum absolute atomic E-state index is 13.1. The molecule has 2 aromatic carbocycles. The minimum atomic E-state index is -0.327. The zero-order valence-corrected chi connectivity index (χ0v) is 15.9. The molecule has 0 unspecified atom stereocenters. The minimum absolute atomic E-state index is 0.102. The van der Waals surface area contributed by atoms with E-state index >= 15 is 0 Å². The van der Waals surface area contributed by atoms with Crippen molar-refractivity contribution in [1.82, 2.24) is 9.78 Å². The van der Waals surface area contributed by atoms with Crippen LogP contribution in [0.5, 0.6) is 0 Å². The first kappa shape index (κ1) is 19.5. The maximum atomic E-state index is 13.1. The summed E-state index contributed by atoms with van der Waals surface area (Å²) in [4.78, 5) is 24.2. The van der Waals surface area contributed by atoms with Crippen LogP contribution >= 0.6 is 0 Å². The normalized spacial score (nSPS) is 10.7. The lowest BCUT2D eigenvalue weighted by atomic mass is 10.1. The van der Waals surface area contributed by atoms with E-state index in [2.05, 4.69) is 10.4 Å². The van der Waals surface area contributed by atoms with Crippen molar-refractivity contribution in [3.8, 4) is 11.3 Å². The smallest absolute Gasteiger partial charge is 0.266 e. The SMILES string of the molecule is Cc1ccc(NC(=O)CCCn2nc(-c3ccc(F)cc3)ccc2=O)c(C)c1. The van der Waals surface area contributed by atoms with Gasteiger partial charge in [0, 0.05) is 30.3 Å². The van der Waals surface area contributed by atoms with Crippen LogP contribution in [0.2, 0.25) is 0 Å². The largest absolute Gasteiger partial charge is 0.326 e. The molecule has 3 rings (SSSR count). The van der Waals surface area contributed by atoms with Gasteiger partial charge < -0.3 is 5.32 Å². The van der Waals surface area contributed by atoms with Gasteiger partial charge in [-0.1, -0.05) is 17.7 Å². The molecule has 0 saturated carbocycles. The van der Waals surface area contributed by atoms with Crippen LogP contribution < -0.4 is 10.9 Å². The first-order chi connectivity index (χ1) is 13.4. The minimum Gasteiger partial charge on any atom is -0.326 e. The second-order valence-corrected chi connectivity index (χ2v) is 6.76. The number of nitrogens with zero attached hydrogens (tertiary/aromatic N) is 2. The number of aromatic nitrogens is 2. The number of rotatable bonds is 6. The van der Waals surface area contributed by atoms with Crippen LogP contribution in [0.25, 0.3) is 11.3 Å². The van der Waals surface area contributed by atoms with Gasteiger partial charge in [-0.25, -0.2) is 9.07 Å². The lowest BCUT2D eigenvalue weighted by Crippen LogP contribution is -2.23. The van der Waals surface area contributed by atoms with E-state index in [0.717, 1.165) is 22.4 Å². The molecular formula is C22H22FN3O2. The van der Waals surface area contributed by atoms with Gasteiger partial charge in [-0.3, -0.25) is 9.59 Å². The topological polar surface area (TPSA) is 64.0 Å². The highest BCUT2D eigenvalue weighted by molar-refractivity contribution is 5.91. The molecule has 0 aliphatic rings. The average Bonchev–Trinajstić information content (AvgIpc) is 2.66. The molecule has 0 radical (unpaired) electrons. The van der Waals surface area contributed by atoms with E-state index in [9.17, 15) is 14.0 Å². The van der Waals surface area contributed by atoms with E-state index in [0.29, 0.717) is 18.7 Å². The third kappa shape index (κ3) is 4.91. The fourth-order valence-corrected chi connectivity index (χ4v) is 2.94. The lowest BCUT2D eigenvalue weighted by Gasteiger charge is -2.10. The predicted octanol–water partition coefficient (Wildman–Crippen LogP) is 4.09. The van der Waals surface area contributed by atoms with Gasteiger partial charge in [-0.05, 0) is 62.2 Å². The zero-order chi connectivity index (χ0) is 20.1. The Labute approximate surface area is 162 Å². The van der Waals surface area contributed by atoms with Crippen molar-refractivity contribution < 1.29 is 9.18 Å². The van der Waals surface area contributed by atoms with Crippen molar-refractivity contribution in [3.63, 3.8) is 0 Å². The van der Waals surface area contributed by atoms with Crippen LogP contribution in [0.15, 0.2) is 59.4 Å². The number of anilines is 1. The third-order valence-corrected chi connectivity index (χ3v) is 4.44. The van der Waals surface area contributed by atoms with Crippen LogP contribution in [0.1, 0.15) is 24.0 Å². The first-order valence-corrected chi connectivity index (χ1v) is 9.13. The number of amides is 1. The first-order valence-electron chi connectivity index (χ1n) is 9.13. The molecule has 0 saturated heterocycles. The summed E-state index contributed by atoms with van der Waals surface area (Å²) in [7, 11) is 0. The fourth-order valence-electron chi connectivity index (χ4n) is 2.94. The summed E-state index contributed by atoms with van der Waals surface area (Å²) in [6, 6.07) is 14.8. The summed E-state index contributed by atoms with van der Waals surface area (Å²) in [6.07, 6.45) is 0.763. The van der Waals surface area contributed by atoms with Gasteiger partial charge in [0.15, 0.2) is 0 Å². The second kappa shape index (κ2) is 8.61. The van der Waals surface area contributed by atoms with Crippen LogP contribution in [-0.2, 0) is 11.3 Å². The second-order valence-electron chi connectivity index (χ2n) is 6.76. The molecule has 1 heterocycles. The van der Waals surface area contributed by atoms with Crippen molar-refractivity contribution in [2.24, 2.45) is 0 Å². The number of carbonyl (C=O) groups is 1. The molecule has 5 nitrogen and oxygen atoms in total. The molecule has 0 atom stereocenters. The molecular weight excluding hydrogens is 357 g/mol. The molecule has 144 valence electrons. The van der Waals surface area contributed by atoms with E-state index in [4.69, 9.17) is 0 Å². The Kier molecular flexibility index (Phi) is 5.99. The molecule has 1 amide bonds. The molecule has 1 N–H and O–H groups in total. The van der Waals surface area contributed by atoms with Crippen LogP contribution in [0.3, 0.4) is 0 Å². The zero-order valence-electron chi connectivity index (χ0n) is 15.9. The number of nitrogens with one attached hydrogen (secondary N) is 1. The van der Waals surface area contributed by atoms with Gasteiger partial charge in [0.2, 0.25) is 5.91 Å². The number of carbonyl (C=O) groups excluding carboxylic acids is 1. The van der Waals surface area contributed by atoms with E-state index in [1.54, 1.807) is 18.2 Å². The lowest BCUT2D eigenvalue weighted by molar-refractivity contribution is -0.116. The summed E-state index contributed by atoms with van der Waals surface area (Å²) < 4.78 is 14.4. The van der Waals surface area contributed by atoms with Crippen LogP contribution in [-0.4, -0.2) is 15.7 Å². The maximum Gasteiger partial charge on any atom is 0.266 e. The van der Waals surface area contributed by atoms with Crippen LogP contribution in [0.4, 0.5) is 10.1 Å². The van der Waals surface area contributed by atoms with E-state index in [1.165, 1.54) is 22.9 Å². The standard InChI is InChI=1S/C22H22FN3O2/c1-15-5-10-19(16(2)14-15)24-21(27)4-3-13-26-22(28)12-11-20(25-26)17-6-8-18(23)9-7-17/h5-12,14H,3-4,13H2,1-2H3,(H,24,27). The van der Waals surface area contributed by atoms with Gasteiger partial charge in [-0.2, -0.15) is 5.10 Å². The molecule has 28 heavy (non-hydrogen) atoms. The van der Waals surface area contributed by atoms with Crippen molar-refractivity contribution >= 4 is 11.6 Å². The number of hydrogen-bond donors (Lipinski definition) is 1. The summed E-state index contributed by atoms with van der Waals surface area (Å²) in [6.45, 7) is 4.28. The van der Waals surface area contributed by atoms with Crippen molar-refractivity contribution in [2.75, 3.05) is 5.32 Å². The predicted molar refractivity (Wildman–Crippen MR) is 108 cm³/mol. The van der Waals surface area contributed by atoms with Gasteiger partial charge in [-0.15, -0.1) is 0 Å². The van der Waals surface area contributed by atoms with E-state index in [-0.39, 0.29) is 23.7 Å². The molecule has 0 aliphatic heterocycles. The summed E-state index contributed by atoms with van der Waals surface area (Å²) in [5.74, 6) is -0.429. The Hall–Kier alpha value is -3.28. The van der Waals surface area contributed by atoms with Crippen molar-refractivity contribution in [3.05, 3.63) is 81.9 Å². The van der Waals surface area contributed by atoms with Crippen molar-refractivity contribution in [2.45, 2.75) is 33.2 Å². The summed E-state index contributed by atoms with van der Waals surface area (Å²) in [5.41, 5.74) is 4.02. The highest BCUT2D eigenvalue weighted by atomic mass is 19.1. The van der Waals surface area contributed by atoms with Gasteiger partial charge in [0.05, 0.1) is 5.69 Å². The summed E-state index contributed by atoms with van der Waals surface area (Å²) >= 11 is 0. The highest BCUT2D eigenvalue weighted by Gasteiger charge is 2.07. The highest BCUT2D eigenvalue weighted by Crippen LogP contribution is 2.17. The Balaban J connectivity index is 1.61. The molecule has 0 aliphatic carbocycles. The van der Waals surface area contributed by atoms with E-state index < -0.39 is 0 Å². The summed E-state index contributed by atoms with van der Waals surface area (Å²) in [5, 5.41) is 7.23. The molecule has 0 fully saturated rings. The molecule has 0 bridgehead atoms. The Morgan fingerprint density at radius 3 is 2.54 bits per heavy atom. The van der Waals surface area contributed by atoms with Gasteiger partial charge >= 0.3 is 0 Å². The average molecular weight is 379 g/mol. The van der Waals surface area contributed by atoms with Gasteiger partial charge in [0.25, 0.3) is 5.56 Å². The Morgan fingerprint density at radius 1 is 1.07 bits per heavy atom. The molecule has 1 aromatic heterocycles. The molecule has 6 heteroatoms. The quantitative estimate of drug-likeness (QED) is 0.702.